The van der Waals surface area contributed by atoms with Crippen LogP contribution in [0.3, 0.4) is 0 Å². The number of halogens is 11. The molecule has 0 aliphatic heterocycles. The van der Waals surface area contributed by atoms with Gasteiger partial charge in [-0.2, -0.15) is 43.9 Å². The van der Waals surface area contributed by atoms with Crippen LogP contribution < -0.4 is 5.32 Å². The lowest BCUT2D eigenvalue weighted by Gasteiger charge is -2.51. The highest BCUT2D eigenvalue weighted by Crippen LogP contribution is 2.69. The molecule has 0 aromatic carbocycles. The number of aryl methyl sites for hydroxylation is 1. The Kier molecular flexibility index (Phi) is 6.89. The van der Waals surface area contributed by atoms with Crippen LogP contribution in [0.25, 0.3) is 0 Å². The van der Waals surface area contributed by atoms with Gasteiger partial charge in [-0.25, -0.2) is 9.18 Å². The van der Waals surface area contributed by atoms with Gasteiger partial charge < -0.3 is 10.1 Å². The number of ether oxygens (including phenoxy) is 1. The third-order valence-corrected chi connectivity index (χ3v) is 7.25. The molecular formula is C20H18F11NO3S. The van der Waals surface area contributed by atoms with E-state index >= 15 is 4.39 Å². The zero-order valence-electron chi connectivity index (χ0n) is 18.2. The van der Waals surface area contributed by atoms with E-state index in [1.165, 1.54) is 0 Å². The number of rotatable bonds is 5. The van der Waals surface area contributed by atoms with E-state index in [-0.39, 0.29) is 31.4 Å². The van der Waals surface area contributed by atoms with Crippen LogP contribution in [0.2, 0.25) is 0 Å². The number of alkyl halides is 11. The third kappa shape index (κ3) is 3.45. The molecule has 0 atom stereocenters. The topological polar surface area (TPSA) is 55.4 Å². The average Bonchev–Trinajstić information content (AvgIpc) is 2.95. The van der Waals surface area contributed by atoms with E-state index in [0.717, 1.165) is 5.32 Å². The number of thiophene rings is 1. The molecule has 0 saturated heterocycles. The lowest BCUT2D eigenvalue weighted by Crippen LogP contribution is -2.86. The van der Waals surface area contributed by atoms with Crippen LogP contribution in [0.5, 0.6) is 0 Å². The Morgan fingerprint density at radius 2 is 1.31 bits per heavy atom. The predicted octanol–water partition coefficient (Wildman–Crippen LogP) is 6.42. The first kappa shape index (κ1) is 28.4. The van der Waals surface area contributed by atoms with Gasteiger partial charge >= 0.3 is 41.3 Å². The fraction of sp³-hybridized carbons (Fsp3) is 0.700. The molecule has 1 heterocycles. The molecule has 1 N–H and O–H groups in total. The van der Waals surface area contributed by atoms with E-state index in [2.05, 4.69) is 0 Å². The number of carbonyl (C=O) groups excluding carboxylic acids is 2. The molecule has 16 heteroatoms. The first-order chi connectivity index (χ1) is 16.3. The highest BCUT2D eigenvalue weighted by molar-refractivity contribution is 7.17. The number of hydrogen-bond acceptors (Lipinski definition) is 4. The first-order valence-corrected chi connectivity index (χ1v) is 11.4. The molecule has 1 amide bonds. The molecule has 0 bridgehead atoms. The van der Waals surface area contributed by atoms with E-state index in [1.54, 1.807) is 6.92 Å². The molecular weight excluding hydrogens is 543 g/mol. The minimum atomic E-state index is -7.43. The van der Waals surface area contributed by atoms with E-state index in [0.29, 0.717) is 35.5 Å². The van der Waals surface area contributed by atoms with Crippen LogP contribution in [-0.4, -0.2) is 53.8 Å². The first-order valence-electron chi connectivity index (χ1n) is 10.6. The van der Waals surface area contributed by atoms with Crippen molar-refractivity contribution in [2.24, 2.45) is 0 Å². The molecule has 1 fully saturated rings. The van der Waals surface area contributed by atoms with E-state index in [1.807, 2.05) is 0 Å². The summed E-state index contributed by atoms with van der Waals surface area (Å²) in [5.41, 5.74) is -7.24. The van der Waals surface area contributed by atoms with Gasteiger partial charge in [-0.15, -0.1) is 11.3 Å². The summed E-state index contributed by atoms with van der Waals surface area (Å²) in [5.74, 6) is -41.5. The van der Waals surface area contributed by atoms with Gasteiger partial charge in [0, 0.05) is 4.88 Å². The second-order valence-corrected chi connectivity index (χ2v) is 9.49. The summed E-state index contributed by atoms with van der Waals surface area (Å²) in [6, 6.07) is 0. The number of esters is 1. The Balaban J connectivity index is 2.15. The van der Waals surface area contributed by atoms with Crippen LogP contribution in [0.1, 0.15) is 53.4 Å². The number of hydrogen-bond donors (Lipinski definition) is 1. The highest BCUT2D eigenvalue weighted by Gasteiger charge is 3.02. The van der Waals surface area contributed by atoms with Crippen LogP contribution in [0.15, 0.2) is 0 Å². The van der Waals surface area contributed by atoms with Crippen molar-refractivity contribution in [2.45, 2.75) is 80.7 Å². The van der Waals surface area contributed by atoms with Crippen LogP contribution in [0, 0.1) is 0 Å². The van der Waals surface area contributed by atoms with Gasteiger partial charge in [-0.1, -0.05) is 13.3 Å². The fourth-order valence-electron chi connectivity index (χ4n) is 4.01. The summed E-state index contributed by atoms with van der Waals surface area (Å²) in [6.07, 6.45) is 2.34. The molecule has 1 aromatic heterocycles. The Labute approximate surface area is 200 Å². The minimum absolute atomic E-state index is 0.147. The maximum Gasteiger partial charge on any atom is 0.384 e. The number of carbonyl (C=O) groups is 2. The summed E-state index contributed by atoms with van der Waals surface area (Å²) in [7, 11) is 0. The number of amides is 1. The standard InChI is InChI=1S/C20H18F11NO3S/c1-2-8-35-13(33)11-9-6-4-3-5-7-10(9)36-12(11)32-14(34)15(21)16(22,23)18(26,27)20(30,31)19(28,29)17(15,24)25/h2-8H2,1H3,(H,32,34). The summed E-state index contributed by atoms with van der Waals surface area (Å²) < 4.78 is 159. The van der Waals surface area contributed by atoms with Crippen molar-refractivity contribution in [1.82, 2.24) is 0 Å². The molecule has 4 nitrogen and oxygen atoms in total. The van der Waals surface area contributed by atoms with E-state index in [4.69, 9.17) is 4.74 Å². The SMILES string of the molecule is CCCOC(=O)c1c(NC(=O)C2(F)C(F)(F)C(F)(F)C(F)(F)C(F)(F)C2(F)F)sc2c1CCCCC2. The van der Waals surface area contributed by atoms with Gasteiger partial charge in [0.2, 0.25) is 0 Å². The average molecular weight is 561 g/mol. The van der Waals surface area contributed by atoms with Crippen molar-refractivity contribution in [3.05, 3.63) is 16.0 Å². The maximum atomic E-state index is 15.1. The lowest BCUT2D eigenvalue weighted by atomic mass is 9.71. The number of anilines is 1. The molecule has 0 unspecified atom stereocenters. The summed E-state index contributed by atoms with van der Waals surface area (Å²) in [5, 5.41) is 0.200. The second-order valence-electron chi connectivity index (χ2n) is 8.39. The van der Waals surface area contributed by atoms with Gasteiger partial charge in [-0.05, 0) is 37.7 Å². The summed E-state index contributed by atoms with van der Waals surface area (Å²) in [4.78, 5) is 25.3. The Hall–Kier alpha value is -2.13. The van der Waals surface area contributed by atoms with E-state index < -0.39 is 57.7 Å². The molecule has 36 heavy (non-hydrogen) atoms. The maximum absolute atomic E-state index is 15.1. The predicted molar refractivity (Wildman–Crippen MR) is 103 cm³/mol. The van der Waals surface area contributed by atoms with Gasteiger partial charge in [0.15, 0.2) is 0 Å². The highest BCUT2D eigenvalue weighted by atomic mass is 32.1. The third-order valence-electron chi connectivity index (χ3n) is 6.05. The lowest BCUT2D eigenvalue weighted by molar-refractivity contribution is -0.475. The van der Waals surface area contributed by atoms with Crippen molar-refractivity contribution < 1.29 is 62.6 Å². The van der Waals surface area contributed by atoms with Crippen LogP contribution >= 0.6 is 11.3 Å². The molecule has 204 valence electrons. The normalized spacial score (nSPS) is 24.8. The summed E-state index contributed by atoms with van der Waals surface area (Å²) >= 11 is 0.416. The molecule has 0 radical (unpaired) electrons. The fourth-order valence-corrected chi connectivity index (χ4v) is 5.28. The zero-order valence-corrected chi connectivity index (χ0v) is 19.1. The van der Waals surface area contributed by atoms with E-state index in [9.17, 15) is 53.5 Å². The van der Waals surface area contributed by atoms with Gasteiger partial charge in [0.05, 0.1) is 12.2 Å². The van der Waals surface area contributed by atoms with Gasteiger partial charge in [0.1, 0.15) is 5.00 Å². The minimum Gasteiger partial charge on any atom is -0.462 e. The second kappa shape index (κ2) is 8.72. The van der Waals surface area contributed by atoms with Gasteiger partial charge in [0.25, 0.3) is 5.91 Å². The van der Waals surface area contributed by atoms with Crippen molar-refractivity contribution in [2.75, 3.05) is 11.9 Å². The Morgan fingerprint density at radius 1 is 0.806 bits per heavy atom. The quantitative estimate of drug-likeness (QED) is 0.257. The van der Waals surface area contributed by atoms with Crippen LogP contribution in [-0.2, 0) is 22.4 Å². The Bertz CT molecular complexity index is 1020. The largest absolute Gasteiger partial charge is 0.462 e. The number of nitrogens with one attached hydrogen (secondary N) is 1. The molecule has 2 aliphatic carbocycles. The van der Waals surface area contributed by atoms with Crippen LogP contribution in [0.4, 0.5) is 53.3 Å². The van der Waals surface area contributed by atoms with Crippen molar-refractivity contribution in [3.63, 3.8) is 0 Å². The Morgan fingerprint density at radius 3 is 1.83 bits per heavy atom. The zero-order chi connectivity index (χ0) is 27.5. The molecule has 3 rings (SSSR count). The molecule has 1 saturated carbocycles. The number of fused-ring (bicyclic) bond motifs is 1. The molecule has 1 aromatic rings. The molecule has 0 spiro atoms. The summed E-state index contributed by atoms with van der Waals surface area (Å²) in [6.45, 7) is 1.38. The monoisotopic (exact) mass is 561 g/mol. The molecule has 2 aliphatic rings. The van der Waals surface area contributed by atoms with Crippen molar-refractivity contribution in [1.29, 1.82) is 0 Å². The smallest absolute Gasteiger partial charge is 0.384 e. The van der Waals surface area contributed by atoms with Gasteiger partial charge in [-0.3, -0.25) is 4.79 Å². The van der Waals surface area contributed by atoms with Crippen molar-refractivity contribution >= 4 is 28.2 Å². The van der Waals surface area contributed by atoms with Crippen molar-refractivity contribution in [3.8, 4) is 0 Å².